The molecule has 0 fully saturated rings. The fourth-order valence-electron chi connectivity index (χ4n) is 2.02. The number of nitrogens with zero attached hydrogens (tertiary/aromatic N) is 1. The summed E-state index contributed by atoms with van der Waals surface area (Å²) in [6.45, 7) is 2.26. The highest BCUT2D eigenvalue weighted by atomic mass is 32.2. The van der Waals surface area contributed by atoms with Crippen molar-refractivity contribution in [3.63, 3.8) is 0 Å². The Balaban J connectivity index is 2.46. The van der Waals surface area contributed by atoms with Crippen molar-refractivity contribution in [2.75, 3.05) is 22.4 Å². The summed E-state index contributed by atoms with van der Waals surface area (Å²) in [6, 6.07) is 2.57. The summed E-state index contributed by atoms with van der Waals surface area (Å²) in [7, 11) is -3.54. The fraction of sp³-hybridized carbons (Fsp3) is 0.364. The van der Waals surface area contributed by atoms with Gasteiger partial charge in [0.05, 0.1) is 24.1 Å². The van der Waals surface area contributed by atoms with Crippen LogP contribution in [0.15, 0.2) is 12.1 Å². The monoisotopic (exact) mass is 272 g/mol. The Morgan fingerprint density at radius 1 is 1.44 bits per heavy atom. The molecule has 0 bridgehead atoms. The van der Waals surface area contributed by atoms with Gasteiger partial charge < -0.3 is 4.90 Å². The second-order valence-corrected chi connectivity index (χ2v) is 5.90. The summed E-state index contributed by atoms with van der Waals surface area (Å²) in [6.07, 6.45) is 1.12. The Morgan fingerprint density at radius 3 is 2.67 bits per heavy atom. The number of likely N-dealkylation sites (N-methyl/N-ethyl adjacent to an activating group) is 1. The van der Waals surface area contributed by atoms with E-state index in [-0.39, 0.29) is 18.0 Å². The van der Waals surface area contributed by atoms with Gasteiger partial charge in [0.25, 0.3) is 0 Å². The normalized spacial score (nSPS) is 14.8. The Kier molecular flexibility index (Phi) is 3.02. The molecule has 0 atom stereocenters. The van der Waals surface area contributed by atoms with Crippen molar-refractivity contribution in [2.24, 2.45) is 0 Å². The van der Waals surface area contributed by atoms with E-state index in [4.69, 9.17) is 0 Å². The highest BCUT2D eigenvalue weighted by Crippen LogP contribution is 2.33. The third-order valence-corrected chi connectivity index (χ3v) is 3.30. The van der Waals surface area contributed by atoms with Gasteiger partial charge in [-0.15, -0.1) is 0 Å². The van der Waals surface area contributed by atoms with Gasteiger partial charge in [-0.05, 0) is 18.6 Å². The zero-order chi connectivity index (χ0) is 13.5. The average molecular weight is 272 g/mol. The van der Waals surface area contributed by atoms with E-state index < -0.39 is 15.8 Å². The van der Waals surface area contributed by atoms with E-state index in [0.717, 1.165) is 6.26 Å². The van der Waals surface area contributed by atoms with Crippen molar-refractivity contribution < 1.29 is 17.6 Å². The lowest BCUT2D eigenvalue weighted by molar-refractivity contribution is -0.117. The van der Waals surface area contributed by atoms with Gasteiger partial charge in [0.15, 0.2) is 0 Å². The van der Waals surface area contributed by atoms with E-state index >= 15 is 0 Å². The minimum Gasteiger partial charge on any atom is -0.312 e. The lowest BCUT2D eigenvalue weighted by Crippen LogP contribution is -2.25. The molecule has 1 aromatic rings. The summed E-state index contributed by atoms with van der Waals surface area (Å²) in [5, 5.41) is 0. The molecule has 1 N–H and O–H groups in total. The molecule has 0 radical (unpaired) electrons. The molecule has 0 spiro atoms. The highest BCUT2D eigenvalue weighted by molar-refractivity contribution is 7.92. The zero-order valence-corrected chi connectivity index (χ0v) is 10.8. The summed E-state index contributed by atoms with van der Waals surface area (Å²) >= 11 is 0. The van der Waals surface area contributed by atoms with Gasteiger partial charge in [-0.25, -0.2) is 12.8 Å². The van der Waals surface area contributed by atoms with Crippen LogP contribution in [0.5, 0.6) is 0 Å². The predicted octanol–water partition coefficient (Wildman–Crippen LogP) is 1.11. The second kappa shape index (κ2) is 4.24. The first kappa shape index (κ1) is 12.8. The van der Waals surface area contributed by atoms with Crippen LogP contribution in [0.25, 0.3) is 0 Å². The fourth-order valence-corrected chi connectivity index (χ4v) is 2.57. The Labute approximate surface area is 105 Å². The Hall–Kier alpha value is -1.63. The number of amides is 1. The number of hydrogen-bond donors (Lipinski definition) is 1. The molecule has 1 heterocycles. The lowest BCUT2D eigenvalue weighted by Gasteiger charge is -2.15. The minimum absolute atomic E-state index is 0.108. The van der Waals surface area contributed by atoms with Gasteiger partial charge in [-0.1, -0.05) is 0 Å². The van der Waals surface area contributed by atoms with Crippen LogP contribution in [0.2, 0.25) is 0 Å². The SMILES string of the molecule is CCN1C(=O)Cc2cc(NS(C)(=O)=O)c(F)cc21. The summed E-state index contributed by atoms with van der Waals surface area (Å²) < 4.78 is 38.0. The molecule has 1 aliphatic rings. The molecular weight excluding hydrogens is 259 g/mol. The number of rotatable bonds is 3. The predicted molar refractivity (Wildman–Crippen MR) is 66.6 cm³/mol. The van der Waals surface area contributed by atoms with Crippen LogP contribution in [0.3, 0.4) is 0 Å². The van der Waals surface area contributed by atoms with Gasteiger partial charge >= 0.3 is 0 Å². The number of carbonyl (C=O) groups is 1. The minimum atomic E-state index is -3.54. The average Bonchev–Trinajstić information content (AvgIpc) is 2.51. The number of benzene rings is 1. The van der Waals surface area contributed by atoms with Crippen molar-refractivity contribution in [2.45, 2.75) is 13.3 Å². The zero-order valence-electron chi connectivity index (χ0n) is 10.0. The molecule has 98 valence electrons. The first-order valence-electron chi connectivity index (χ1n) is 5.42. The molecule has 0 saturated carbocycles. The van der Waals surface area contributed by atoms with E-state index in [1.807, 2.05) is 0 Å². The van der Waals surface area contributed by atoms with E-state index in [9.17, 15) is 17.6 Å². The van der Waals surface area contributed by atoms with Crippen molar-refractivity contribution >= 4 is 27.3 Å². The molecule has 0 unspecified atom stereocenters. The van der Waals surface area contributed by atoms with Crippen LogP contribution in [-0.2, 0) is 21.2 Å². The van der Waals surface area contributed by atoms with Crippen LogP contribution < -0.4 is 9.62 Å². The Bertz CT molecular complexity index is 613. The molecule has 0 aromatic heterocycles. The van der Waals surface area contributed by atoms with Gasteiger partial charge in [-0.2, -0.15) is 0 Å². The third-order valence-electron chi connectivity index (χ3n) is 2.71. The van der Waals surface area contributed by atoms with Gasteiger partial charge in [0.2, 0.25) is 15.9 Å². The number of halogens is 1. The molecule has 0 aliphatic carbocycles. The maximum absolute atomic E-state index is 13.7. The summed E-state index contributed by atoms with van der Waals surface area (Å²) in [5.74, 6) is -0.796. The molecule has 7 heteroatoms. The highest BCUT2D eigenvalue weighted by Gasteiger charge is 2.27. The van der Waals surface area contributed by atoms with Crippen LogP contribution in [0.4, 0.5) is 15.8 Å². The topological polar surface area (TPSA) is 66.5 Å². The van der Waals surface area contributed by atoms with E-state index in [0.29, 0.717) is 17.8 Å². The lowest BCUT2D eigenvalue weighted by atomic mass is 10.1. The van der Waals surface area contributed by atoms with Crippen LogP contribution in [0, 0.1) is 5.82 Å². The van der Waals surface area contributed by atoms with Gasteiger partial charge in [0.1, 0.15) is 5.82 Å². The molecule has 1 amide bonds. The van der Waals surface area contributed by atoms with Crippen molar-refractivity contribution in [1.29, 1.82) is 0 Å². The van der Waals surface area contributed by atoms with Gasteiger partial charge in [-0.3, -0.25) is 9.52 Å². The van der Waals surface area contributed by atoms with E-state index in [1.54, 1.807) is 6.92 Å². The van der Waals surface area contributed by atoms with E-state index in [2.05, 4.69) is 4.72 Å². The van der Waals surface area contributed by atoms with Crippen molar-refractivity contribution in [3.8, 4) is 0 Å². The largest absolute Gasteiger partial charge is 0.312 e. The van der Waals surface area contributed by atoms with Gasteiger partial charge in [0, 0.05) is 12.6 Å². The number of carbonyl (C=O) groups excluding carboxylic acids is 1. The molecule has 1 aromatic carbocycles. The van der Waals surface area contributed by atoms with Crippen LogP contribution in [0.1, 0.15) is 12.5 Å². The first-order valence-corrected chi connectivity index (χ1v) is 7.31. The van der Waals surface area contributed by atoms with E-state index in [1.165, 1.54) is 17.0 Å². The molecule has 1 aliphatic heterocycles. The first-order chi connectivity index (χ1) is 8.31. The standard InChI is InChI=1S/C11H13FN2O3S/c1-3-14-10-6-8(12)9(13-18(2,16)17)4-7(10)5-11(14)15/h4,6,13H,3,5H2,1-2H3. The van der Waals surface area contributed by atoms with Crippen molar-refractivity contribution in [1.82, 2.24) is 0 Å². The number of anilines is 2. The number of nitrogens with one attached hydrogen (secondary N) is 1. The number of hydrogen-bond acceptors (Lipinski definition) is 3. The second-order valence-electron chi connectivity index (χ2n) is 4.15. The molecule has 5 nitrogen and oxygen atoms in total. The van der Waals surface area contributed by atoms with Crippen LogP contribution in [-0.4, -0.2) is 27.1 Å². The smallest absolute Gasteiger partial charge is 0.231 e. The van der Waals surface area contributed by atoms with Crippen molar-refractivity contribution in [3.05, 3.63) is 23.5 Å². The maximum atomic E-state index is 13.7. The summed E-state index contributed by atoms with van der Waals surface area (Å²) in [4.78, 5) is 13.1. The summed E-state index contributed by atoms with van der Waals surface area (Å²) in [5.41, 5.74) is 1.02. The number of sulfonamides is 1. The molecule has 2 rings (SSSR count). The molecule has 0 saturated heterocycles. The molecule has 18 heavy (non-hydrogen) atoms. The Morgan fingerprint density at radius 2 is 2.11 bits per heavy atom. The number of fused-ring (bicyclic) bond motifs is 1. The molecular formula is C11H13FN2O3S. The van der Waals surface area contributed by atoms with Crippen LogP contribution >= 0.6 is 0 Å². The maximum Gasteiger partial charge on any atom is 0.231 e. The quantitative estimate of drug-likeness (QED) is 0.896. The third kappa shape index (κ3) is 2.31.